The normalized spacial score (nSPS) is 11.4. The van der Waals surface area contributed by atoms with Gasteiger partial charge in [-0.1, -0.05) is 0 Å². The van der Waals surface area contributed by atoms with Crippen LogP contribution in [0.4, 0.5) is 11.4 Å². The Bertz CT molecular complexity index is 651. The molecule has 7 heteroatoms. The SMILES string of the molecule is CNS(=O)(=O)c1ccc(N)c(NCc2ccco2)c1. The predicted octanol–water partition coefficient (Wildman–Crippen LogP) is 1.38. The maximum Gasteiger partial charge on any atom is 0.240 e. The second-order valence-corrected chi connectivity index (χ2v) is 5.78. The molecule has 4 N–H and O–H groups in total. The Morgan fingerprint density at radius 1 is 1.32 bits per heavy atom. The molecule has 2 aromatic rings. The summed E-state index contributed by atoms with van der Waals surface area (Å²) >= 11 is 0. The molecule has 0 amide bonds. The van der Waals surface area contributed by atoms with Crippen LogP contribution in [0, 0.1) is 0 Å². The molecule has 1 heterocycles. The summed E-state index contributed by atoms with van der Waals surface area (Å²) in [6.07, 6.45) is 1.57. The van der Waals surface area contributed by atoms with Crippen molar-refractivity contribution in [3.63, 3.8) is 0 Å². The lowest BCUT2D eigenvalue weighted by molar-refractivity contribution is 0.518. The quantitative estimate of drug-likeness (QED) is 0.719. The Kier molecular flexibility index (Phi) is 3.77. The molecular weight excluding hydrogens is 266 g/mol. The number of nitrogens with two attached hydrogens (primary N) is 1. The van der Waals surface area contributed by atoms with Crippen LogP contribution in [0.3, 0.4) is 0 Å². The predicted molar refractivity (Wildman–Crippen MR) is 73.1 cm³/mol. The standard InChI is InChI=1S/C12H15N3O3S/c1-14-19(16,17)10-4-5-11(13)12(7-10)15-8-9-3-2-6-18-9/h2-7,14-15H,8,13H2,1H3. The van der Waals surface area contributed by atoms with Crippen molar-refractivity contribution in [2.75, 3.05) is 18.1 Å². The Balaban J connectivity index is 2.22. The highest BCUT2D eigenvalue weighted by Crippen LogP contribution is 2.23. The Morgan fingerprint density at radius 3 is 2.74 bits per heavy atom. The van der Waals surface area contributed by atoms with E-state index in [0.717, 1.165) is 5.76 Å². The highest BCUT2D eigenvalue weighted by atomic mass is 32.2. The Hall–Kier alpha value is -1.99. The van der Waals surface area contributed by atoms with Gasteiger partial charge in [0.15, 0.2) is 0 Å². The van der Waals surface area contributed by atoms with Crippen LogP contribution in [0.5, 0.6) is 0 Å². The van der Waals surface area contributed by atoms with E-state index >= 15 is 0 Å². The molecular formula is C12H15N3O3S. The zero-order chi connectivity index (χ0) is 13.9. The molecule has 0 saturated heterocycles. The molecule has 19 heavy (non-hydrogen) atoms. The van der Waals surface area contributed by atoms with Crippen molar-refractivity contribution < 1.29 is 12.8 Å². The van der Waals surface area contributed by atoms with Crippen LogP contribution in [0.25, 0.3) is 0 Å². The van der Waals surface area contributed by atoms with Crippen LogP contribution in [0.1, 0.15) is 5.76 Å². The van der Waals surface area contributed by atoms with E-state index in [1.54, 1.807) is 18.4 Å². The fourth-order valence-electron chi connectivity index (χ4n) is 1.57. The fraction of sp³-hybridized carbons (Fsp3) is 0.167. The summed E-state index contributed by atoms with van der Waals surface area (Å²) in [5, 5.41) is 3.04. The Morgan fingerprint density at radius 2 is 2.11 bits per heavy atom. The van der Waals surface area contributed by atoms with E-state index < -0.39 is 10.0 Å². The van der Waals surface area contributed by atoms with E-state index in [0.29, 0.717) is 17.9 Å². The van der Waals surface area contributed by atoms with Gasteiger partial charge in [0.1, 0.15) is 5.76 Å². The molecule has 0 atom stereocenters. The van der Waals surface area contributed by atoms with Gasteiger partial charge in [0.2, 0.25) is 10.0 Å². The van der Waals surface area contributed by atoms with Crippen LogP contribution in [-0.2, 0) is 16.6 Å². The van der Waals surface area contributed by atoms with E-state index in [1.807, 2.05) is 6.07 Å². The molecule has 0 fully saturated rings. The molecule has 102 valence electrons. The minimum Gasteiger partial charge on any atom is -0.467 e. The van der Waals surface area contributed by atoms with Gasteiger partial charge in [-0.25, -0.2) is 13.1 Å². The molecule has 0 saturated carbocycles. The first-order valence-electron chi connectivity index (χ1n) is 5.62. The number of nitrogens with one attached hydrogen (secondary N) is 2. The average Bonchev–Trinajstić information content (AvgIpc) is 2.90. The number of benzene rings is 1. The second kappa shape index (κ2) is 5.33. The van der Waals surface area contributed by atoms with E-state index in [1.165, 1.54) is 19.2 Å². The van der Waals surface area contributed by atoms with Crippen molar-refractivity contribution in [1.82, 2.24) is 4.72 Å². The minimum absolute atomic E-state index is 0.158. The summed E-state index contributed by atoms with van der Waals surface area (Å²) in [7, 11) is -2.12. The van der Waals surface area contributed by atoms with E-state index in [9.17, 15) is 8.42 Å². The molecule has 2 rings (SSSR count). The van der Waals surface area contributed by atoms with E-state index in [-0.39, 0.29) is 4.90 Å². The summed E-state index contributed by atoms with van der Waals surface area (Å²) in [4.78, 5) is 0.158. The van der Waals surface area contributed by atoms with Gasteiger partial charge >= 0.3 is 0 Å². The minimum atomic E-state index is -3.48. The van der Waals surface area contributed by atoms with Crippen molar-refractivity contribution >= 4 is 21.4 Å². The van der Waals surface area contributed by atoms with Gasteiger partial charge in [0.25, 0.3) is 0 Å². The lowest BCUT2D eigenvalue weighted by Crippen LogP contribution is -2.18. The molecule has 0 radical (unpaired) electrons. The van der Waals surface area contributed by atoms with Gasteiger partial charge in [-0.05, 0) is 37.4 Å². The van der Waals surface area contributed by atoms with Gasteiger partial charge < -0.3 is 15.5 Å². The highest BCUT2D eigenvalue weighted by Gasteiger charge is 2.13. The first kappa shape index (κ1) is 13.4. The average molecular weight is 281 g/mol. The second-order valence-electron chi connectivity index (χ2n) is 3.89. The number of rotatable bonds is 5. The van der Waals surface area contributed by atoms with Crippen molar-refractivity contribution in [3.8, 4) is 0 Å². The molecule has 0 aliphatic heterocycles. The number of nitrogen functional groups attached to an aromatic ring is 1. The Labute approximate surface area is 111 Å². The molecule has 0 aliphatic rings. The monoisotopic (exact) mass is 281 g/mol. The smallest absolute Gasteiger partial charge is 0.240 e. The van der Waals surface area contributed by atoms with Crippen LogP contribution in [-0.4, -0.2) is 15.5 Å². The summed E-state index contributed by atoms with van der Waals surface area (Å²) in [6, 6.07) is 8.09. The maximum atomic E-state index is 11.7. The first-order valence-corrected chi connectivity index (χ1v) is 7.10. The number of sulfonamides is 1. The molecule has 0 aliphatic carbocycles. The zero-order valence-electron chi connectivity index (χ0n) is 10.4. The van der Waals surface area contributed by atoms with E-state index in [2.05, 4.69) is 10.0 Å². The summed E-state index contributed by atoms with van der Waals surface area (Å²) < 4.78 is 30.8. The van der Waals surface area contributed by atoms with Crippen LogP contribution in [0.2, 0.25) is 0 Å². The molecule has 0 unspecified atom stereocenters. The zero-order valence-corrected chi connectivity index (χ0v) is 11.2. The number of anilines is 2. The third-order valence-corrected chi connectivity index (χ3v) is 4.05. The van der Waals surface area contributed by atoms with Gasteiger partial charge in [-0.3, -0.25) is 0 Å². The third-order valence-electron chi connectivity index (χ3n) is 2.64. The summed E-state index contributed by atoms with van der Waals surface area (Å²) in [5.41, 5.74) is 6.83. The topological polar surface area (TPSA) is 97.4 Å². The molecule has 6 nitrogen and oxygen atoms in total. The van der Waals surface area contributed by atoms with Gasteiger partial charge in [-0.2, -0.15) is 0 Å². The van der Waals surface area contributed by atoms with Gasteiger partial charge in [0, 0.05) is 0 Å². The summed E-state index contributed by atoms with van der Waals surface area (Å²) in [5.74, 6) is 0.737. The van der Waals surface area contributed by atoms with Crippen molar-refractivity contribution in [2.45, 2.75) is 11.4 Å². The largest absolute Gasteiger partial charge is 0.467 e. The fourth-order valence-corrected chi connectivity index (χ4v) is 2.32. The molecule has 0 spiro atoms. The van der Waals surface area contributed by atoms with Crippen molar-refractivity contribution in [3.05, 3.63) is 42.4 Å². The van der Waals surface area contributed by atoms with Crippen molar-refractivity contribution in [1.29, 1.82) is 0 Å². The molecule has 1 aromatic heterocycles. The van der Waals surface area contributed by atoms with Crippen molar-refractivity contribution in [2.24, 2.45) is 0 Å². The maximum absolute atomic E-state index is 11.7. The first-order chi connectivity index (χ1) is 9.03. The van der Waals surface area contributed by atoms with Crippen LogP contribution in [0.15, 0.2) is 45.9 Å². The van der Waals surface area contributed by atoms with Crippen LogP contribution < -0.4 is 15.8 Å². The summed E-state index contributed by atoms with van der Waals surface area (Å²) in [6.45, 7) is 0.431. The number of hydrogen-bond donors (Lipinski definition) is 3. The number of hydrogen-bond acceptors (Lipinski definition) is 5. The lowest BCUT2D eigenvalue weighted by Gasteiger charge is -2.10. The highest BCUT2D eigenvalue weighted by molar-refractivity contribution is 7.89. The van der Waals surface area contributed by atoms with Crippen LogP contribution >= 0.6 is 0 Å². The van der Waals surface area contributed by atoms with Gasteiger partial charge in [-0.15, -0.1) is 0 Å². The lowest BCUT2D eigenvalue weighted by atomic mass is 10.2. The molecule has 1 aromatic carbocycles. The van der Waals surface area contributed by atoms with E-state index in [4.69, 9.17) is 10.2 Å². The van der Waals surface area contributed by atoms with Gasteiger partial charge in [0.05, 0.1) is 29.1 Å². The number of furan rings is 1. The third kappa shape index (κ3) is 3.07. The molecule has 0 bridgehead atoms.